The maximum atomic E-state index is 5.81. The Bertz CT molecular complexity index is 332. The van der Waals surface area contributed by atoms with E-state index in [0.29, 0.717) is 0 Å². The fourth-order valence-corrected chi connectivity index (χ4v) is 2.49. The van der Waals surface area contributed by atoms with Gasteiger partial charge in [0, 0.05) is 0 Å². The average molecular weight is 276 g/mol. The highest BCUT2D eigenvalue weighted by Crippen LogP contribution is 2.17. The molecule has 0 radical (unpaired) electrons. The van der Waals surface area contributed by atoms with Crippen LogP contribution in [0.1, 0.15) is 76.7 Å². The number of hydrogen-bond donors (Lipinski definition) is 0. The van der Waals surface area contributed by atoms with Crippen LogP contribution in [0.15, 0.2) is 24.3 Å². The Labute approximate surface area is 125 Å². The standard InChI is InChI=1S/C19H32O/c1-3-4-5-6-7-8-9-10-11-14-17-20-19-16-13-12-15-18(19)2/h12-13,15-16H,3-11,14,17H2,1-2H3. The van der Waals surface area contributed by atoms with Gasteiger partial charge in [-0.25, -0.2) is 0 Å². The van der Waals surface area contributed by atoms with Gasteiger partial charge in [0.05, 0.1) is 6.61 Å². The maximum absolute atomic E-state index is 5.81. The van der Waals surface area contributed by atoms with Gasteiger partial charge >= 0.3 is 0 Å². The fourth-order valence-electron chi connectivity index (χ4n) is 2.49. The van der Waals surface area contributed by atoms with Crippen LogP contribution in [0.4, 0.5) is 0 Å². The Morgan fingerprint density at radius 3 is 1.90 bits per heavy atom. The minimum absolute atomic E-state index is 0.862. The quantitative estimate of drug-likeness (QED) is 0.407. The molecular formula is C19H32O. The topological polar surface area (TPSA) is 9.23 Å². The predicted molar refractivity (Wildman–Crippen MR) is 88.5 cm³/mol. The molecule has 0 aliphatic heterocycles. The van der Waals surface area contributed by atoms with Crippen LogP contribution >= 0.6 is 0 Å². The zero-order chi connectivity index (χ0) is 14.5. The van der Waals surface area contributed by atoms with Crippen LogP contribution in [-0.2, 0) is 0 Å². The van der Waals surface area contributed by atoms with E-state index < -0.39 is 0 Å². The fraction of sp³-hybridized carbons (Fsp3) is 0.684. The number of benzene rings is 1. The molecular weight excluding hydrogens is 244 g/mol. The Kier molecular flexibility index (Phi) is 10.1. The van der Waals surface area contributed by atoms with Crippen molar-refractivity contribution in [1.82, 2.24) is 0 Å². The lowest BCUT2D eigenvalue weighted by molar-refractivity contribution is 0.302. The van der Waals surface area contributed by atoms with Gasteiger partial charge in [-0.1, -0.05) is 82.9 Å². The van der Waals surface area contributed by atoms with Crippen molar-refractivity contribution in [2.75, 3.05) is 6.61 Å². The minimum Gasteiger partial charge on any atom is -0.493 e. The second kappa shape index (κ2) is 11.8. The van der Waals surface area contributed by atoms with Crippen LogP contribution in [0, 0.1) is 6.92 Å². The second-order valence-corrected chi connectivity index (χ2v) is 5.80. The molecule has 1 aromatic rings. The highest BCUT2D eigenvalue weighted by atomic mass is 16.5. The van der Waals surface area contributed by atoms with E-state index >= 15 is 0 Å². The molecule has 1 rings (SSSR count). The first-order chi connectivity index (χ1) is 9.84. The molecule has 20 heavy (non-hydrogen) atoms. The summed E-state index contributed by atoms with van der Waals surface area (Å²) in [6.45, 7) is 5.24. The van der Waals surface area contributed by atoms with E-state index in [-0.39, 0.29) is 0 Å². The lowest BCUT2D eigenvalue weighted by Crippen LogP contribution is -1.98. The average Bonchev–Trinajstić information content (AvgIpc) is 2.46. The molecule has 0 aliphatic carbocycles. The number of aryl methyl sites for hydroxylation is 1. The normalized spacial score (nSPS) is 10.7. The third-order valence-electron chi connectivity index (χ3n) is 3.85. The molecule has 1 heteroatoms. The number of ether oxygens (including phenoxy) is 1. The highest BCUT2D eigenvalue weighted by molar-refractivity contribution is 5.31. The van der Waals surface area contributed by atoms with Crippen molar-refractivity contribution < 1.29 is 4.74 Å². The van der Waals surface area contributed by atoms with Gasteiger partial charge in [-0.15, -0.1) is 0 Å². The third-order valence-corrected chi connectivity index (χ3v) is 3.85. The Hall–Kier alpha value is -0.980. The van der Waals surface area contributed by atoms with Crippen LogP contribution in [0.5, 0.6) is 5.75 Å². The van der Waals surface area contributed by atoms with Crippen LogP contribution in [0.2, 0.25) is 0 Å². The summed E-state index contributed by atoms with van der Waals surface area (Å²) in [5.41, 5.74) is 1.24. The van der Waals surface area contributed by atoms with Crippen LogP contribution < -0.4 is 4.74 Å². The zero-order valence-corrected chi connectivity index (χ0v) is 13.5. The van der Waals surface area contributed by atoms with Gasteiger partial charge in [-0.2, -0.15) is 0 Å². The molecule has 0 amide bonds. The summed E-state index contributed by atoms with van der Waals surface area (Å²) < 4.78 is 5.81. The van der Waals surface area contributed by atoms with Crippen molar-refractivity contribution in [2.45, 2.75) is 78.1 Å². The first-order valence-electron chi connectivity index (χ1n) is 8.53. The summed E-state index contributed by atoms with van der Waals surface area (Å²) in [4.78, 5) is 0. The van der Waals surface area contributed by atoms with E-state index in [1.165, 1.54) is 69.8 Å². The Balaban J connectivity index is 1.87. The molecule has 0 spiro atoms. The summed E-state index contributed by atoms with van der Waals surface area (Å²) in [6, 6.07) is 8.27. The summed E-state index contributed by atoms with van der Waals surface area (Å²) >= 11 is 0. The molecule has 0 aromatic heterocycles. The number of unbranched alkanes of at least 4 members (excludes halogenated alkanes) is 9. The first-order valence-corrected chi connectivity index (χ1v) is 8.53. The molecule has 0 atom stereocenters. The molecule has 1 aromatic carbocycles. The largest absolute Gasteiger partial charge is 0.493 e. The number of rotatable bonds is 12. The minimum atomic E-state index is 0.862. The predicted octanol–water partition coefficient (Wildman–Crippen LogP) is 6.29. The Morgan fingerprint density at radius 1 is 0.750 bits per heavy atom. The molecule has 0 heterocycles. The molecule has 0 aliphatic rings. The molecule has 1 nitrogen and oxygen atoms in total. The third kappa shape index (κ3) is 8.24. The molecule has 0 fully saturated rings. The van der Waals surface area contributed by atoms with Gasteiger partial charge in [0.15, 0.2) is 0 Å². The maximum Gasteiger partial charge on any atom is 0.122 e. The molecule has 0 unspecified atom stereocenters. The molecule has 0 bridgehead atoms. The van der Waals surface area contributed by atoms with Crippen molar-refractivity contribution in [1.29, 1.82) is 0 Å². The summed E-state index contributed by atoms with van der Waals surface area (Å²) in [7, 11) is 0. The van der Waals surface area contributed by atoms with Gasteiger partial charge in [0.2, 0.25) is 0 Å². The van der Waals surface area contributed by atoms with Crippen LogP contribution in [0.3, 0.4) is 0 Å². The van der Waals surface area contributed by atoms with Crippen molar-refractivity contribution in [2.24, 2.45) is 0 Å². The SMILES string of the molecule is CCCCCCCCCCCCOc1ccccc1C. The van der Waals surface area contributed by atoms with E-state index in [4.69, 9.17) is 4.74 Å². The second-order valence-electron chi connectivity index (χ2n) is 5.80. The Morgan fingerprint density at radius 2 is 1.30 bits per heavy atom. The first kappa shape index (κ1) is 17.1. The molecule has 0 saturated heterocycles. The monoisotopic (exact) mass is 276 g/mol. The molecule has 0 N–H and O–H groups in total. The molecule has 0 saturated carbocycles. The van der Waals surface area contributed by atoms with E-state index in [9.17, 15) is 0 Å². The van der Waals surface area contributed by atoms with Gasteiger partial charge < -0.3 is 4.74 Å². The van der Waals surface area contributed by atoms with Gasteiger partial charge in [0.25, 0.3) is 0 Å². The van der Waals surface area contributed by atoms with Gasteiger partial charge in [0.1, 0.15) is 5.75 Å². The van der Waals surface area contributed by atoms with Crippen molar-refractivity contribution in [3.05, 3.63) is 29.8 Å². The van der Waals surface area contributed by atoms with Crippen LogP contribution in [0.25, 0.3) is 0 Å². The lowest BCUT2D eigenvalue weighted by Gasteiger charge is -2.08. The van der Waals surface area contributed by atoms with E-state index in [1.54, 1.807) is 0 Å². The van der Waals surface area contributed by atoms with E-state index in [0.717, 1.165) is 12.4 Å². The van der Waals surface area contributed by atoms with Crippen molar-refractivity contribution >= 4 is 0 Å². The van der Waals surface area contributed by atoms with Gasteiger partial charge in [-0.05, 0) is 25.0 Å². The number of para-hydroxylation sites is 1. The van der Waals surface area contributed by atoms with Gasteiger partial charge in [-0.3, -0.25) is 0 Å². The summed E-state index contributed by atoms with van der Waals surface area (Å²) in [5, 5.41) is 0. The highest BCUT2D eigenvalue weighted by Gasteiger charge is 1.97. The van der Waals surface area contributed by atoms with Crippen LogP contribution in [-0.4, -0.2) is 6.61 Å². The summed E-state index contributed by atoms with van der Waals surface area (Å²) in [6.07, 6.45) is 13.7. The smallest absolute Gasteiger partial charge is 0.122 e. The van der Waals surface area contributed by atoms with Crippen molar-refractivity contribution in [3.63, 3.8) is 0 Å². The van der Waals surface area contributed by atoms with E-state index in [2.05, 4.69) is 32.0 Å². The molecule has 114 valence electrons. The summed E-state index contributed by atoms with van der Waals surface area (Å²) in [5.74, 6) is 1.04. The van der Waals surface area contributed by atoms with Crippen molar-refractivity contribution in [3.8, 4) is 5.75 Å². The zero-order valence-electron chi connectivity index (χ0n) is 13.5. The van der Waals surface area contributed by atoms with E-state index in [1.807, 2.05) is 6.07 Å². The lowest BCUT2D eigenvalue weighted by atomic mass is 10.1. The number of hydrogen-bond acceptors (Lipinski definition) is 1.